The molecule has 2 N–H and O–H groups in total. The topological polar surface area (TPSA) is 66.5 Å². The van der Waals surface area contributed by atoms with Gasteiger partial charge in [0.1, 0.15) is 5.82 Å². The fraction of sp³-hybridized carbons (Fsp3) is 0.304. The first-order valence-corrected chi connectivity index (χ1v) is 9.96. The Morgan fingerprint density at radius 3 is 2.55 bits per heavy atom. The van der Waals surface area contributed by atoms with Crippen LogP contribution in [0.25, 0.3) is 10.8 Å². The highest BCUT2D eigenvalue weighted by Gasteiger charge is 2.22. The average molecular weight is 390 g/mol. The van der Waals surface area contributed by atoms with Gasteiger partial charge in [-0.05, 0) is 48.4 Å². The smallest absolute Gasteiger partial charge is 0.319 e. The molecule has 2 aromatic carbocycles. The number of ether oxygens (including phenoxy) is 1. The predicted molar refractivity (Wildman–Crippen MR) is 116 cm³/mol. The largest absolute Gasteiger partial charge is 0.372 e. The second kappa shape index (κ2) is 8.49. The Balaban J connectivity index is 1.31. The lowest BCUT2D eigenvalue weighted by Gasteiger charge is -2.36. The summed E-state index contributed by atoms with van der Waals surface area (Å²) in [6.45, 7) is 6.25. The first-order chi connectivity index (χ1) is 14.1. The van der Waals surface area contributed by atoms with Gasteiger partial charge in [0, 0.05) is 31.5 Å². The maximum absolute atomic E-state index is 12.2. The number of aromatic nitrogens is 1. The summed E-state index contributed by atoms with van der Waals surface area (Å²) in [4.78, 5) is 19.0. The van der Waals surface area contributed by atoms with Gasteiger partial charge < -0.3 is 20.3 Å². The van der Waals surface area contributed by atoms with E-state index in [2.05, 4.69) is 34.4 Å². The summed E-state index contributed by atoms with van der Waals surface area (Å²) >= 11 is 0. The summed E-state index contributed by atoms with van der Waals surface area (Å²) < 4.78 is 5.78. The van der Waals surface area contributed by atoms with E-state index in [1.807, 2.05) is 60.8 Å². The molecule has 1 aliphatic rings. The quantitative estimate of drug-likeness (QED) is 0.702. The highest BCUT2D eigenvalue weighted by Crippen LogP contribution is 2.20. The van der Waals surface area contributed by atoms with Gasteiger partial charge in [-0.1, -0.05) is 36.4 Å². The Hall–Kier alpha value is -3.12. The normalized spacial score (nSPS) is 19.2. The summed E-state index contributed by atoms with van der Waals surface area (Å²) in [5, 5.41) is 8.01. The first kappa shape index (κ1) is 19.2. The number of hydrogen-bond donors (Lipinski definition) is 2. The highest BCUT2D eigenvalue weighted by atomic mass is 16.5. The number of morpholine rings is 1. The second-order valence-corrected chi connectivity index (χ2v) is 7.56. The number of nitrogens with zero attached hydrogens (tertiary/aromatic N) is 2. The number of nitrogens with one attached hydrogen (secondary N) is 2. The molecule has 6 nitrogen and oxygen atoms in total. The zero-order valence-electron chi connectivity index (χ0n) is 16.8. The molecule has 2 unspecified atom stereocenters. The third-order valence-corrected chi connectivity index (χ3v) is 5.01. The monoisotopic (exact) mass is 390 g/mol. The lowest BCUT2D eigenvalue weighted by molar-refractivity contribution is -0.00546. The molecule has 2 atom stereocenters. The van der Waals surface area contributed by atoms with E-state index >= 15 is 0 Å². The standard InChI is InChI=1S/C23H26N4O2/c1-16-14-27(15-17(2)29-16)22-10-7-18(12-24-22)13-25-23(28)26-21-9-8-19-5-3-4-6-20(19)11-21/h3-12,16-17H,13-15H2,1-2H3,(H2,25,26,28). The van der Waals surface area contributed by atoms with E-state index in [-0.39, 0.29) is 18.2 Å². The summed E-state index contributed by atoms with van der Waals surface area (Å²) in [6, 6.07) is 17.7. The molecule has 0 spiro atoms. The van der Waals surface area contributed by atoms with Crippen LogP contribution >= 0.6 is 0 Å². The maximum Gasteiger partial charge on any atom is 0.319 e. The molecule has 0 aliphatic carbocycles. The maximum atomic E-state index is 12.2. The molecule has 1 aliphatic heterocycles. The summed E-state index contributed by atoms with van der Waals surface area (Å²) in [6.07, 6.45) is 2.21. The first-order valence-electron chi connectivity index (χ1n) is 9.96. The van der Waals surface area contributed by atoms with Crippen LogP contribution in [0.2, 0.25) is 0 Å². The fourth-order valence-electron chi connectivity index (χ4n) is 3.70. The predicted octanol–water partition coefficient (Wildman–Crippen LogP) is 4.17. The Labute approximate surface area is 170 Å². The van der Waals surface area contributed by atoms with Crippen molar-refractivity contribution in [2.75, 3.05) is 23.3 Å². The van der Waals surface area contributed by atoms with Crippen molar-refractivity contribution in [3.05, 3.63) is 66.4 Å². The molecule has 2 amide bonds. The Kier molecular flexibility index (Phi) is 5.62. The Bertz CT molecular complexity index is 980. The molecule has 1 aromatic heterocycles. The lowest BCUT2D eigenvalue weighted by atomic mass is 10.1. The summed E-state index contributed by atoms with van der Waals surface area (Å²) in [5.41, 5.74) is 1.72. The van der Waals surface area contributed by atoms with E-state index in [0.717, 1.165) is 40.9 Å². The number of carbonyl (C=O) groups is 1. The van der Waals surface area contributed by atoms with Crippen LogP contribution in [0.3, 0.4) is 0 Å². The molecule has 29 heavy (non-hydrogen) atoms. The molecule has 150 valence electrons. The van der Waals surface area contributed by atoms with Crippen molar-refractivity contribution in [2.45, 2.75) is 32.6 Å². The Morgan fingerprint density at radius 1 is 1.07 bits per heavy atom. The van der Waals surface area contributed by atoms with Gasteiger partial charge in [-0.15, -0.1) is 0 Å². The second-order valence-electron chi connectivity index (χ2n) is 7.56. The molecular weight excluding hydrogens is 364 g/mol. The summed E-state index contributed by atoms with van der Waals surface area (Å²) in [7, 11) is 0. The van der Waals surface area contributed by atoms with Crippen LogP contribution in [0.15, 0.2) is 60.8 Å². The minimum atomic E-state index is -0.236. The van der Waals surface area contributed by atoms with E-state index in [1.54, 1.807) is 0 Å². The van der Waals surface area contributed by atoms with Crippen molar-refractivity contribution >= 4 is 28.3 Å². The van der Waals surface area contributed by atoms with Crippen LogP contribution in [0.5, 0.6) is 0 Å². The van der Waals surface area contributed by atoms with Gasteiger partial charge in [-0.25, -0.2) is 9.78 Å². The number of hydrogen-bond acceptors (Lipinski definition) is 4. The van der Waals surface area contributed by atoms with Crippen LogP contribution < -0.4 is 15.5 Å². The number of anilines is 2. The number of rotatable bonds is 4. The van der Waals surface area contributed by atoms with Crippen LogP contribution in [0, 0.1) is 0 Å². The van der Waals surface area contributed by atoms with Crippen molar-refractivity contribution in [3.8, 4) is 0 Å². The van der Waals surface area contributed by atoms with Crippen molar-refractivity contribution in [1.82, 2.24) is 10.3 Å². The molecule has 4 rings (SSSR count). The van der Waals surface area contributed by atoms with E-state index in [0.29, 0.717) is 6.54 Å². The van der Waals surface area contributed by atoms with Gasteiger partial charge in [0.15, 0.2) is 0 Å². The number of urea groups is 1. The molecule has 0 bridgehead atoms. The zero-order valence-corrected chi connectivity index (χ0v) is 16.8. The van der Waals surface area contributed by atoms with Gasteiger partial charge in [0.2, 0.25) is 0 Å². The van der Waals surface area contributed by atoms with E-state index in [4.69, 9.17) is 4.74 Å². The van der Waals surface area contributed by atoms with Crippen LogP contribution in [-0.4, -0.2) is 36.3 Å². The molecule has 3 aromatic rings. The molecule has 6 heteroatoms. The summed E-state index contributed by atoms with van der Waals surface area (Å²) in [5.74, 6) is 0.941. The molecule has 0 saturated carbocycles. The highest BCUT2D eigenvalue weighted by molar-refractivity contribution is 5.93. The van der Waals surface area contributed by atoms with E-state index in [1.165, 1.54) is 0 Å². The molecular formula is C23H26N4O2. The average Bonchev–Trinajstić information content (AvgIpc) is 2.72. The Morgan fingerprint density at radius 2 is 1.83 bits per heavy atom. The van der Waals surface area contributed by atoms with Gasteiger partial charge in [0.25, 0.3) is 0 Å². The van der Waals surface area contributed by atoms with Crippen LogP contribution in [0.4, 0.5) is 16.3 Å². The van der Waals surface area contributed by atoms with Crippen molar-refractivity contribution in [3.63, 3.8) is 0 Å². The fourth-order valence-corrected chi connectivity index (χ4v) is 3.70. The van der Waals surface area contributed by atoms with Gasteiger partial charge in [-0.3, -0.25) is 0 Å². The van der Waals surface area contributed by atoms with Gasteiger partial charge in [-0.2, -0.15) is 0 Å². The zero-order chi connectivity index (χ0) is 20.2. The van der Waals surface area contributed by atoms with E-state index < -0.39 is 0 Å². The number of fused-ring (bicyclic) bond motifs is 1. The SMILES string of the molecule is CC1CN(c2ccc(CNC(=O)Nc3ccc4ccccc4c3)cn2)CC(C)O1. The lowest BCUT2D eigenvalue weighted by Crippen LogP contribution is -2.45. The van der Waals surface area contributed by atoms with E-state index in [9.17, 15) is 4.79 Å². The number of benzene rings is 2. The van der Waals surface area contributed by atoms with Crippen LogP contribution in [-0.2, 0) is 11.3 Å². The van der Waals surface area contributed by atoms with Gasteiger partial charge in [0.05, 0.1) is 12.2 Å². The van der Waals surface area contributed by atoms with Crippen molar-refractivity contribution in [1.29, 1.82) is 0 Å². The molecule has 0 radical (unpaired) electrons. The van der Waals surface area contributed by atoms with Gasteiger partial charge >= 0.3 is 6.03 Å². The van der Waals surface area contributed by atoms with Crippen molar-refractivity contribution < 1.29 is 9.53 Å². The number of amides is 2. The number of pyridine rings is 1. The van der Waals surface area contributed by atoms with Crippen molar-refractivity contribution in [2.24, 2.45) is 0 Å². The molecule has 1 fully saturated rings. The molecule has 1 saturated heterocycles. The molecule has 2 heterocycles. The number of carbonyl (C=O) groups excluding carboxylic acids is 1. The van der Waals surface area contributed by atoms with Crippen LogP contribution in [0.1, 0.15) is 19.4 Å². The third-order valence-electron chi connectivity index (χ3n) is 5.01. The minimum absolute atomic E-state index is 0.195. The minimum Gasteiger partial charge on any atom is -0.372 e. The third kappa shape index (κ3) is 4.84.